The van der Waals surface area contributed by atoms with E-state index < -0.39 is 0 Å². The molecule has 0 bridgehead atoms. The first-order chi connectivity index (χ1) is 40.7. The molecule has 0 unspecified atom stereocenters. The van der Waals surface area contributed by atoms with Gasteiger partial charge in [0.05, 0.1) is 33.4 Å². The minimum Gasteiger partial charge on any atom is -0.310 e. The second-order valence-electron chi connectivity index (χ2n) is 21.2. The van der Waals surface area contributed by atoms with Crippen molar-refractivity contribution in [2.75, 3.05) is 9.80 Å². The second-order valence-corrected chi connectivity index (χ2v) is 21.2. The molecule has 2 aromatic heterocycles. The van der Waals surface area contributed by atoms with Crippen LogP contribution in [0.1, 0.15) is 0 Å². The number of hydrogen-bond acceptors (Lipinski definition) is 2. The van der Waals surface area contributed by atoms with E-state index in [0.717, 1.165) is 61.9 Å². The van der Waals surface area contributed by atoms with E-state index in [2.05, 4.69) is 334 Å². The molecule has 0 N–H and O–H groups in total. The zero-order valence-electron chi connectivity index (χ0n) is 44.8. The van der Waals surface area contributed by atoms with Crippen molar-refractivity contribution in [2.24, 2.45) is 0 Å². The number of aromatic nitrogens is 2. The first kappa shape index (κ1) is 47.1. The molecule has 16 aromatic rings. The standard InChI is InChI=1S/C78H52N4/c1-7-25-53(26-8-1)62-41-23-43-70-66-47-45-60(51-74(66)81(77(62)70)58-33-15-5-16-34-58)79(56-29-11-3-12-30-56)72-49-55-50-73(65-38-20-22-40-69(65)76(55)68-39-21-19-37-64(68)72)80(57-31-13-4-14-32-57)61-46-48-67-71-44-24-42-63(54-27-9-2-10-28-54)78(71)82(75(67)52-61)59-35-17-6-18-36-59/h1-52H. The third-order valence-corrected chi connectivity index (χ3v) is 16.6. The fraction of sp³-hybridized carbons (Fsp3) is 0. The minimum absolute atomic E-state index is 1.06. The van der Waals surface area contributed by atoms with Gasteiger partial charge >= 0.3 is 0 Å². The van der Waals surface area contributed by atoms with Crippen molar-refractivity contribution in [2.45, 2.75) is 0 Å². The monoisotopic (exact) mass is 1040 g/mol. The molecule has 384 valence electrons. The van der Waals surface area contributed by atoms with Crippen LogP contribution in [0, 0.1) is 0 Å². The summed E-state index contributed by atoms with van der Waals surface area (Å²) in [5.74, 6) is 0. The number of anilines is 6. The topological polar surface area (TPSA) is 16.3 Å². The molecular formula is C78H52N4. The Labute approximate surface area is 475 Å². The van der Waals surface area contributed by atoms with Gasteiger partial charge in [-0.25, -0.2) is 0 Å². The lowest BCUT2D eigenvalue weighted by Gasteiger charge is -2.30. The van der Waals surface area contributed by atoms with Crippen molar-refractivity contribution in [3.8, 4) is 33.6 Å². The van der Waals surface area contributed by atoms with Crippen LogP contribution in [0.4, 0.5) is 34.1 Å². The van der Waals surface area contributed by atoms with Gasteiger partial charge in [0.2, 0.25) is 0 Å². The van der Waals surface area contributed by atoms with Crippen molar-refractivity contribution in [1.82, 2.24) is 9.13 Å². The quantitative estimate of drug-likeness (QED) is 0.127. The largest absolute Gasteiger partial charge is 0.310 e. The van der Waals surface area contributed by atoms with Crippen molar-refractivity contribution < 1.29 is 0 Å². The third kappa shape index (κ3) is 7.61. The van der Waals surface area contributed by atoms with E-state index in [-0.39, 0.29) is 0 Å². The summed E-state index contributed by atoms with van der Waals surface area (Å²) in [5, 5.41) is 11.9. The van der Waals surface area contributed by atoms with Gasteiger partial charge in [0.15, 0.2) is 0 Å². The Kier molecular flexibility index (Phi) is 11.2. The lowest BCUT2D eigenvalue weighted by atomic mass is 9.93. The molecule has 0 fully saturated rings. The average molecular weight is 1050 g/mol. The summed E-state index contributed by atoms with van der Waals surface area (Å²) < 4.78 is 4.93. The van der Waals surface area contributed by atoms with Crippen molar-refractivity contribution in [3.05, 3.63) is 315 Å². The molecule has 0 saturated carbocycles. The van der Waals surface area contributed by atoms with Crippen LogP contribution >= 0.6 is 0 Å². The summed E-state index contributed by atoms with van der Waals surface area (Å²) in [7, 11) is 0. The van der Waals surface area contributed by atoms with Gasteiger partial charge in [0.25, 0.3) is 0 Å². The van der Waals surface area contributed by atoms with Gasteiger partial charge in [-0.15, -0.1) is 0 Å². The smallest absolute Gasteiger partial charge is 0.0619 e. The zero-order valence-corrected chi connectivity index (χ0v) is 44.8. The molecule has 14 aromatic carbocycles. The van der Waals surface area contributed by atoms with Crippen LogP contribution in [0.2, 0.25) is 0 Å². The van der Waals surface area contributed by atoms with Crippen LogP contribution in [-0.2, 0) is 0 Å². The Hall–Kier alpha value is -10.9. The van der Waals surface area contributed by atoms with Gasteiger partial charge < -0.3 is 18.9 Å². The predicted molar refractivity (Wildman–Crippen MR) is 348 cm³/mol. The number of para-hydroxylation sites is 6. The van der Waals surface area contributed by atoms with E-state index in [9.17, 15) is 0 Å². The van der Waals surface area contributed by atoms with Gasteiger partial charge in [-0.2, -0.15) is 0 Å². The van der Waals surface area contributed by atoms with Crippen LogP contribution in [-0.4, -0.2) is 9.13 Å². The lowest BCUT2D eigenvalue weighted by molar-refractivity contribution is 1.18. The zero-order chi connectivity index (χ0) is 54.1. The molecule has 4 nitrogen and oxygen atoms in total. The summed E-state index contributed by atoms with van der Waals surface area (Å²) in [6.07, 6.45) is 0. The van der Waals surface area contributed by atoms with Gasteiger partial charge in [-0.3, -0.25) is 0 Å². The van der Waals surface area contributed by atoms with Crippen LogP contribution < -0.4 is 9.80 Å². The summed E-state index contributed by atoms with van der Waals surface area (Å²) in [5.41, 5.74) is 18.1. The molecular weight excluding hydrogens is 993 g/mol. The molecule has 0 aliphatic heterocycles. The predicted octanol–water partition coefficient (Wildman–Crippen LogP) is 21.6. The van der Waals surface area contributed by atoms with E-state index >= 15 is 0 Å². The Bertz CT molecular complexity index is 4750. The molecule has 0 atom stereocenters. The molecule has 2 heterocycles. The van der Waals surface area contributed by atoms with Gasteiger partial charge in [-0.05, 0) is 118 Å². The van der Waals surface area contributed by atoms with Crippen molar-refractivity contribution >= 4 is 110 Å². The highest BCUT2D eigenvalue weighted by molar-refractivity contribution is 6.27. The van der Waals surface area contributed by atoms with Crippen molar-refractivity contribution in [3.63, 3.8) is 0 Å². The summed E-state index contributed by atoms with van der Waals surface area (Å²) >= 11 is 0. The van der Waals surface area contributed by atoms with Gasteiger partial charge in [0, 0.05) is 77.6 Å². The van der Waals surface area contributed by atoms with Crippen molar-refractivity contribution in [1.29, 1.82) is 0 Å². The number of hydrogen-bond donors (Lipinski definition) is 0. The molecule has 0 saturated heterocycles. The Morgan fingerprint density at radius 2 is 0.573 bits per heavy atom. The molecule has 0 radical (unpaired) electrons. The van der Waals surface area contributed by atoms with Crippen LogP contribution in [0.15, 0.2) is 315 Å². The highest BCUT2D eigenvalue weighted by Gasteiger charge is 2.26. The minimum atomic E-state index is 1.06. The molecule has 4 heteroatoms. The molecule has 0 amide bonds. The number of fused-ring (bicyclic) bond motifs is 11. The van der Waals surface area contributed by atoms with Crippen LogP contribution in [0.25, 0.3) is 110 Å². The van der Waals surface area contributed by atoms with E-state index in [1.165, 1.54) is 81.8 Å². The molecule has 0 aliphatic carbocycles. The maximum absolute atomic E-state index is 2.47. The first-order valence-corrected chi connectivity index (χ1v) is 28.2. The number of rotatable bonds is 10. The molecule has 0 aliphatic rings. The lowest BCUT2D eigenvalue weighted by Crippen LogP contribution is -2.12. The molecule has 0 spiro atoms. The number of benzene rings is 14. The van der Waals surface area contributed by atoms with E-state index in [4.69, 9.17) is 0 Å². The first-order valence-electron chi connectivity index (χ1n) is 28.2. The van der Waals surface area contributed by atoms with Crippen LogP contribution in [0.3, 0.4) is 0 Å². The Morgan fingerprint density at radius 1 is 0.232 bits per heavy atom. The Balaban J connectivity index is 0.954. The van der Waals surface area contributed by atoms with E-state index in [0.29, 0.717) is 0 Å². The fourth-order valence-electron chi connectivity index (χ4n) is 13.1. The second kappa shape index (κ2) is 19.5. The maximum Gasteiger partial charge on any atom is 0.0619 e. The van der Waals surface area contributed by atoms with Crippen LogP contribution in [0.5, 0.6) is 0 Å². The summed E-state index contributed by atoms with van der Waals surface area (Å²) in [4.78, 5) is 4.94. The Morgan fingerprint density at radius 3 is 0.976 bits per heavy atom. The normalized spacial score (nSPS) is 11.7. The third-order valence-electron chi connectivity index (χ3n) is 16.6. The maximum atomic E-state index is 2.47. The van der Waals surface area contributed by atoms with Gasteiger partial charge in [0.1, 0.15) is 0 Å². The van der Waals surface area contributed by atoms with Gasteiger partial charge in [-0.1, -0.05) is 231 Å². The number of nitrogens with zero attached hydrogens (tertiary/aromatic N) is 4. The highest BCUT2D eigenvalue weighted by atomic mass is 15.2. The summed E-state index contributed by atoms with van der Waals surface area (Å²) in [6.45, 7) is 0. The summed E-state index contributed by atoms with van der Waals surface area (Å²) in [6, 6.07) is 115. The van der Waals surface area contributed by atoms with E-state index in [1.807, 2.05) is 0 Å². The molecule has 82 heavy (non-hydrogen) atoms. The average Bonchev–Trinajstić information content (AvgIpc) is 4.23. The SMILES string of the molecule is c1ccc(-c2cccc3c4ccc(N(c5ccccc5)c5cc6cc(N(c7ccccc7)c7ccc8c9cccc(-c%10ccccc%10)c9n(-c9ccccc9)c8c7)c7ccccc7c6c6ccccc56)cc4n(-c4ccccc4)c23)cc1. The van der Waals surface area contributed by atoms with E-state index in [1.54, 1.807) is 0 Å². The highest BCUT2D eigenvalue weighted by Crippen LogP contribution is 2.50. The fourth-order valence-corrected chi connectivity index (χ4v) is 13.1. The molecule has 16 rings (SSSR count).